The van der Waals surface area contributed by atoms with Crippen LogP contribution >= 0.6 is 23.2 Å². The van der Waals surface area contributed by atoms with Gasteiger partial charge in [0.05, 0.1) is 17.2 Å². The zero-order valence-electron chi connectivity index (χ0n) is 14.5. The first-order chi connectivity index (χ1) is 13.4. The second-order valence-electron chi connectivity index (χ2n) is 5.91. The third kappa shape index (κ3) is 4.35. The molecular weight excluding hydrogens is 406 g/mol. The van der Waals surface area contributed by atoms with Gasteiger partial charge in [-0.3, -0.25) is 0 Å². The number of pyridine rings is 1. The van der Waals surface area contributed by atoms with Crippen molar-refractivity contribution in [3.63, 3.8) is 0 Å². The minimum atomic E-state index is -0.999. The molecular formula is C20H15Cl2FN2O3. The Balaban J connectivity index is 1.75. The smallest absolute Gasteiger partial charge is 0.335 e. The fraction of sp³-hybridized carbons (Fsp3) is 0.100. The molecule has 0 spiro atoms. The van der Waals surface area contributed by atoms with Crippen LogP contribution in [0, 0.1) is 5.82 Å². The Morgan fingerprint density at radius 1 is 1.14 bits per heavy atom. The normalized spacial score (nSPS) is 10.7. The molecule has 0 aliphatic rings. The van der Waals surface area contributed by atoms with Crippen LogP contribution in [0.2, 0.25) is 10.0 Å². The largest absolute Gasteiger partial charge is 0.489 e. The summed E-state index contributed by atoms with van der Waals surface area (Å²) in [7, 11) is 0. The molecule has 0 saturated carbocycles. The number of aromatic nitrogens is 1. The van der Waals surface area contributed by atoms with Gasteiger partial charge in [0.15, 0.2) is 11.6 Å². The van der Waals surface area contributed by atoms with E-state index in [1.54, 1.807) is 24.4 Å². The van der Waals surface area contributed by atoms with E-state index in [1.165, 1.54) is 24.3 Å². The molecule has 0 saturated heterocycles. The number of hydrogen-bond donors (Lipinski definition) is 2. The van der Waals surface area contributed by atoms with E-state index in [9.17, 15) is 9.18 Å². The Kier molecular flexibility index (Phi) is 6.02. The number of hydrogen-bond acceptors (Lipinski definition) is 4. The molecule has 144 valence electrons. The number of halogens is 3. The Labute approximate surface area is 170 Å². The van der Waals surface area contributed by atoms with E-state index in [0.717, 1.165) is 5.56 Å². The van der Waals surface area contributed by atoms with E-state index < -0.39 is 11.8 Å². The molecule has 1 aromatic heterocycles. The Morgan fingerprint density at radius 2 is 1.86 bits per heavy atom. The van der Waals surface area contributed by atoms with Crippen molar-refractivity contribution in [3.05, 3.63) is 75.7 Å². The summed E-state index contributed by atoms with van der Waals surface area (Å²) in [5.41, 5.74) is 7.98. The van der Waals surface area contributed by atoms with Gasteiger partial charge in [-0.1, -0.05) is 35.3 Å². The SMILES string of the molecule is Nc1ncc(-c2ccc(C(=O)O)cc2)cc1OCCc1c(Cl)ccc(F)c1Cl. The van der Waals surface area contributed by atoms with Crippen molar-refractivity contribution in [1.82, 2.24) is 4.98 Å². The molecule has 0 fully saturated rings. The lowest BCUT2D eigenvalue weighted by molar-refractivity contribution is 0.0697. The van der Waals surface area contributed by atoms with Crippen molar-refractivity contribution in [2.24, 2.45) is 0 Å². The number of aromatic carboxylic acids is 1. The lowest BCUT2D eigenvalue weighted by Gasteiger charge is -2.12. The summed E-state index contributed by atoms with van der Waals surface area (Å²) in [5, 5.41) is 9.30. The highest BCUT2D eigenvalue weighted by atomic mass is 35.5. The van der Waals surface area contributed by atoms with E-state index in [-0.39, 0.29) is 29.4 Å². The molecule has 0 aliphatic heterocycles. The van der Waals surface area contributed by atoms with Crippen molar-refractivity contribution < 1.29 is 19.0 Å². The van der Waals surface area contributed by atoms with Crippen molar-refractivity contribution in [3.8, 4) is 16.9 Å². The van der Waals surface area contributed by atoms with Crippen molar-refractivity contribution in [2.45, 2.75) is 6.42 Å². The van der Waals surface area contributed by atoms with E-state index in [4.69, 9.17) is 38.8 Å². The first kappa shape index (κ1) is 19.9. The quantitative estimate of drug-likeness (QED) is 0.541. The van der Waals surface area contributed by atoms with Gasteiger partial charge in [-0.25, -0.2) is 14.2 Å². The zero-order chi connectivity index (χ0) is 20.3. The van der Waals surface area contributed by atoms with Crippen LogP contribution in [0.4, 0.5) is 10.2 Å². The summed E-state index contributed by atoms with van der Waals surface area (Å²) in [6.07, 6.45) is 1.85. The topological polar surface area (TPSA) is 85.4 Å². The van der Waals surface area contributed by atoms with Gasteiger partial charge in [-0.15, -0.1) is 0 Å². The summed E-state index contributed by atoms with van der Waals surface area (Å²) in [4.78, 5) is 15.1. The lowest BCUT2D eigenvalue weighted by atomic mass is 10.1. The van der Waals surface area contributed by atoms with Gasteiger partial charge < -0.3 is 15.6 Å². The van der Waals surface area contributed by atoms with E-state index >= 15 is 0 Å². The van der Waals surface area contributed by atoms with E-state index in [2.05, 4.69) is 4.98 Å². The van der Waals surface area contributed by atoms with E-state index in [1.807, 2.05) is 0 Å². The van der Waals surface area contributed by atoms with Crippen molar-refractivity contribution in [2.75, 3.05) is 12.3 Å². The van der Waals surface area contributed by atoms with Crippen LogP contribution in [0.25, 0.3) is 11.1 Å². The third-order valence-electron chi connectivity index (χ3n) is 4.10. The molecule has 2 aromatic carbocycles. The predicted molar refractivity (Wildman–Crippen MR) is 107 cm³/mol. The number of nitrogens with zero attached hydrogens (tertiary/aromatic N) is 1. The minimum Gasteiger partial charge on any atom is -0.489 e. The van der Waals surface area contributed by atoms with Gasteiger partial charge in [0.2, 0.25) is 0 Å². The maximum Gasteiger partial charge on any atom is 0.335 e. The predicted octanol–water partition coefficient (Wildman–Crippen LogP) is 5.10. The molecule has 0 radical (unpaired) electrons. The van der Waals surface area contributed by atoms with Crippen LogP contribution in [0.15, 0.2) is 48.7 Å². The highest BCUT2D eigenvalue weighted by Crippen LogP contribution is 2.30. The van der Waals surface area contributed by atoms with Crippen molar-refractivity contribution >= 4 is 35.0 Å². The molecule has 0 unspecified atom stereocenters. The molecule has 8 heteroatoms. The van der Waals surface area contributed by atoms with Gasteiger partial charge in [0.25, 0.3) is 0 Å². The molecule has 3 N–H and O–H groups in total. The average molecular weight is 421 g/mol. The van der Waals surface area contributed by atoms with Crippen LogP contribution in [-0.4, -0.2) is 22.7 Å². The minimum absolute atomic E-state index is 0.0329. The van der Waals surface area contributed by atoms with Gasteiger partial charge >= 0.3 is 5.97 Å². The number of anilines is 1. The number of ether oxygens (including phenoxy) is 1. The summed E-state index contributed by atoms with van der Waals surface area (Å²) >= 11 is 12.0. The van der Waals surface area contributed by atoms with Crippen LogP contribution in [0.3, 0.4) is 0 Å². The molecule has 3 aromatic rings. The number of carboxylic acids is 1. The Hall–Kier alpha value is -2.83. The highest BCUT2D eigenvalue weighted by Gasteiger charge is 2.12. The molecule has 1 heterocycles. The summed E-state index contributed by atoms with van der Waals surface area (Å²) in [6, 6.07) is 10.7. The number of carbonyl (C=O) groups is 1. The van der Waals surface area contributed by atoms with Gasteiger partial charge in [-0.2, -0.15) is 0 Å². The second kappa shape index (κ2) is 8.46. The number of rotatable bonds is 6. The first-order valence-electron chi connectivity index (χ1n) is 8.21. The molecule has 3 rings (SSSR count). The standard InChI is InChI=1S/C20H15Cl2FN2O3/c21-15-5-6-16(23)18(22)14(15)7-8-28-17-9-13(10-25-19(17)24)11-1-3-12(4-2-11)20(26)27/h1-6,9-10H,7-8H2,(H2,24,25)(H,26,27). The monoisotopic (exact) mass is 420 g/mol. The van der Waals surface area contributed by atoms with Gasteiger partial charge in [-0.05, 0) is 41.5 Å². The third-order valence-corrected chi connectivity index (χ3v) is 4.86. The maximum absolute atomic E-state index is 13.6. The number of nitrogen functional groups attached to an aromatic ring is 1. The molecule has 28 heavy (non-hydrogen) atoms. The van der Waals surface area contributed by atoms with Gasteiger partial charge in [0.1, 0.15) is 5.82 Å². The first-order valence-corrected chi connectivity index (χ1v) is 8.97. The summed E-state index contributed by atoms with van der Waals surface area (Å²) < 4.78 is 19.3. The van der Waals surface area contributed by atoms with Crippen LogP contribution < -0.4 is 10.5 Å². The summed E-state index contributed by atoms with van der Waals surface area (Å²) in [6.45, 7) is 0.163. The number of carboxylic acid groups (broad SMARTS) is 1. The molecule has 0 amide bonds. The van der Waals surface area contributed by atoms with Crippen LogP contribution in [0.1, 0.15) is 15.9 Å². The number of benzene rings is 2. The second-order valence-corrected chi connectivity index (χ2v) is 6.70. The van der Waals surface area contributed by atoms with Crippen LogP contribution in [0.5, 0.6) is 5.75 Å². The zero-order valence-corrected chi connectivity index (χ0v) is 16.0. The fourth-order valence-corrected chi connectivity index (χ4v) is 3.15. The lowest BCUT2D eigenvalue weighted by Crippen LogP contribution is -2.06. The Morgan fingerprint density at radius 3 is 2.54 bits per heavy atom. The molecule has 0 bridgehead atoms. The maximum atomic E-state index is 13.6. The van der Waals surface area contributed by atoms with Crippen molar-refractivity contribution in [1.29, 1.82) is 0 Å². The number of nitrogens with two attached hydrogens (primary N) is 1. The summed E-state index contributed by atoms with van der Waals surface area (Å²) in [5.74, 6) is -1.000. The van der Waals surface area contributed by atoms with Gasteiger partial charge in [0, 0.05) is 23.2 Å². The van der Waals surface area contributed by atoms with Crippen LogP contribution in [-0.2, 0) is 6.42 Å². The molecule has 5 nitrogen and oxygen atoms in total. The molecule has 0 atom stereocenters. The Bertz CT molecular complexity index is 1030. The molecule has 0 aliphatic carbocycles. The highest BCUT2D eigenvalue weighted by molar-refractivity contribution is 6.36. The average Bonchev–Trinajstić information content (AvgIpc) is 2.69. The fourth-order valence-electron chi connectivity index (χ4n) is 2.60. The van der Waals surface area contributed by atoms with E-state index in [0.29, 0.717) is 21.9 Å².